The van der Waals surface area contributed by atoms with Crippen LogP contribution in [0.15, 0.2) is 59.5 Å². The Labute approximate surface area is 229 Å². The van der Waals surface area contributed by atoms with Gasteiger partial charge in [0.2, 0.25) is 0 Å². The largest absolute Gasteiger partial charge is 0.612 e. The standard InChI is InChI=1S/C28H25F6NO4S/c1-15-5-7-22(23-13-21(40(4)37)6-8-24(23)38-3)18(9-15)14-35-16(2)25(39-26(35)36)17-10-19(27(29,30)31)12-20(11-17)28(32,33)34/h5-13,16,25H,14H2,1-4H3/t16-,25-,40?/m0/s1. The van der Waals surface area contributed by atoms with Gasteiger partial charge < -0.3 is 14.0 Å². The molecule has 0 radical (unpaired) electrons. The van der Waals surface area contributed by atoms with E-state index in [1.54, 1.807) is 24.3 Å². The molecule has 5 nitrogen and oxygen atoms in total. The van der Waals surface area contributed by atoms with Gasteiger partial charge in [-0.3, -0.25) is 4.90 Å². The van der Waals surface area contributed by atoms with E-state index >= 15 is 0 Å². The first kappa shape index (κ1) is 29.6. The highest BCUT2D eigenvalue weighted by atomic mass is 32.2. The van der Waals surface area contributed by atoms with Gasteiger partial charge >= 0.3 is 18.4 Å². The zero-order valence-corrected chi connectivity index (χ0v) is 22.6. The van der Waals surface area contributed by atoms with Crippen molar-refractivity contribution >= 4 is 17.3 Å². The lowest BCUT2D eigenvalue weighted by molar-refractivity contribution is -0.143. The van der Waals surface area contributed by atoms with E-state index in [4.69, 9.17) is 9.47 Å². The zero-order valence-electron chi connectivity index (χ0n) is 21.8. The Morgan fingerprint density at radius 2 is 1.57 bits per heavy atom. The van der Waals surface area contributed by atoms with Crippen LogP contribution in [-0.2, 0) is 34.8 Å². The van der Waals surface area contributed by atoms with Crippen molar-refractivity contribution in [1.29, 1.82) is 0 Å². The van der Waals surface area contributed by atoms with Crippen LogP contribution >= 0.6 is 0 Å². The Bertz CT molecular complexity index is 1390. The van der Waals surface area contributed by atoms with Crippen LogP contribution in [0.2, 0.25) is 0 Å². The van der Waals surface area contributed by atoms with Crippen LogP contribution in [0.5, 0.6) is 5.75 Å². The number of methoxy groups -OCH3 is 1. The van der Waals surface area contributed by atoms with Gasteiger partial charge in [-0.1, -0.05) is 23.8 Å². The van der Waals surface area contributed by atoms with Crippen molar-refractivity contribution in [2.45, 2.75) is 49.8 Å². The van der Waals surface area contributed by atoms with E-state index in [1.165, 1.54) is 25.2 Å². The first-order valence-corrected chi connectivity index (χ1v) is 13.5. The number of carbonyl (C=O) groups excluding carboxylic acids is 1. The molecular formula is C28H25F6NO4S. The fraction of sp³-hybridized carbons (Fsp3) is 0.321. The summed E-state index contributed by atoms with van der Waals surface area (Å²) in [6.07, 6.45) is -10.8. The maximum atomic E-state index is 13.4. The second-order valence-electron chi connectivity index (χ2n) is 9.49. The van der Waals surface area contributed by atoms with Gasteiger partial charge in [-0.15, -0.1) is 0 Å². The molecule has 0 saturated carbocycles. The number of nitrogens with zero attached hydrogens (tertiary/aromatic N) is 1. The maximum Gasteiger partial charge on any atom is 0.416 e. The molecule has 1 amide bonds. The Kier molecular flexibility index (Phi) is 8.06. The number of cyclic esters (lactones) is 1. The molecule has 4 rings (SSSR count). The van der Waals surface area contributed by atoms with Crippen LogP contribution in [0.4, 0.5) is 31.1 Å². The number of hydrogen-bond donors (Lipinski definition) is 0. The van der Waals surface area contributed by atoms with Crippen LogP contribution in [0, 0.1) is 6.92 Å². The van der Waals surface area contributed by atoms with Gasteiger partial charge in [0.15, 0.2) is 4.90 Å². The van der Waals surface area contributed by atoms with Crippen molar-refractivity contribution in [3.63, 3.8) is 0 Å². The molecule has 0 N–H and O–H groups in total. The summed E-state index contributed by atoms with van der Waals surface area (Å²) in [4.78, 5) is 14.7. The van der Waals surface area contributed by atoms with E-state index in [9.17, 15) is 35.7 Å². The summed E-state index contributed by atoms with van der Waals surface area (Å²) in [7, 11) is 1.48. The highest BCUT2D eigenvalue weighted by Crippen LogP contribution is 2.42. The van der Waals surface area contributed by atoms with Gasteiger partial charge in [0.25, 0.3) is 0 Å². The molecule has 1 unspecified atom stereocenters. The minimum absolute atomic E-state index is 0.0343. The molecule has 0 bridgehead atoms. The third-order valence-electron chi connectivity index (χ3n) is 6.73. The van der Waals surface area contributed by atoms with Gasteiger partial charge in [0.05, 0.1) is 30.8 Å². The highest BCUT2D eigenvalue weighted by Gasteiger charge is 2.43. The van der Waals surface area contributed by atoms with Crippen molar-refractivity contribution in [3.8, 4) is 16.9 Å². The van der Waals surface area contributed by atoms with Crippen LogP contribution in [-0.4, -0.2) is 35.0 Å². The average Bonchev–Trinajstić information content (AvgIpc) is 3.15. The topological polar surface area (TPSA) is 61.8 Å². The van der Waals surface area contributed by atoms with Crippen molar-refractivity contribution < 1.29 is 45.2 Å². The lowest BCUT2D eigenvalue weighted by atomic mass is 9.95. The molecular weight excluding hydrogens is 560 g/mol. The molecule has 40 heavy (non-hydrogen) atoms. The van der Waals surface area contributed by atoms with Gasteiger partial charge in [0, 0.05) is 11.6 Å². The average molecular weight is 586 g/mol. The molecule has 3 atom stereocenters. The summed E-state index contributed by atoms with van der Waals surface area (Å²) in [5, 5.41) is 0. The number of alkyl halides is 6. The Morgan fingerprint density at radius 1 is 0.950 bits per heavy atom. The summed E-state index contributed by atoms with van der Waals surface area (Å²) in [6.45, 7) is 3.28. The zero-order chi connectivity index (χ0) is 29.6. The fourth-order valence-electron chi connectivity index (χ4n) is 4.68. The maximum absolute atomic E-state index is 13.4. The Morgan fingerprint density at radius 3 is 2.12 bits per heavy atom. The molecule has 0 spiro atoms. The molecule has 214 valence electrons. The minimum atomic E-state index is -5.03. The highest BCUT2D eigenvalue weighted by molar-refractivity contribution is 7.90. The summed E-state index contributed by atoms with van der Waals surface area (Å²) < 4.78 is 104. The number of halogens is 6. The molecule has 1 saturated heterocycles. The quantitative estimate of drug-likeness (QED) is 0.222. The van der Waals surface area contributed by atoms with Crippen LogP contribution in [0.25, 0.3) is 11.1 Å². The normalized spacial score (nSPS) is 18.6. The fourth-order valence-corrected chi connectivity index (χ4v) is 5.22. The third-order valence-corrected chi connectivity index (χ3v) is 7.64. The van der Waals surface area contributed by atoms with Gasteiger partial charge in [0.1, 0.15) is 18.1 Å². The summed E-state index contributed by atoms with van der Waals surface area (Å²) in [5.41, 5.74) is -0.652. The van der Waals surface area contributed by atoms with Crippen LogP contribution in [0.3, 0.4) is 0 Å². The molecule has 1 fully saturated rings. The summed E-state index contributed by atoms with van der Waals surface area (Å²) in [6, 6.07) is 10.8. The molecule has 0 aliphatic carbocycles. The second-order valence-corrected chi connectivity index (χ2v) is 10.9. The van der Waals surface area contributed by atoms with E-state index in [1.807, 2.05) is 19.1 Å². The van der Waals surface area contributed by atoms with Crippen molar-refractivity contribution in [2.24, 2.45) is 0 Å². The number of rotatable bonds is 6. The van der Waals surface area contributed by atoms with E-state index in [2.05, 4.69) is 0 Å². The van der Waals surface area contributed by atoms with Gasteiger partial charge in [-0.2, -0.15) is 26.3 Å². The number of ether oxygens (including phenoxy) is 2. The van der Waals surface area contributed by atoms with Gasteiger partial charge in [-0.25, -0.2) is 4.79 Å². The first-order valence-electron chi connectivity index (χ1n) is 12.0. The SMILES string of the molecule is COc1ccc([S+](C)[O-])cc1-c1ccc(C)cc1CN1C(=O)O[C@H](c2cc(C(F)(F)F)cc(C(F)(F)F)c2)[C@@H]1C. The van der Waals surface area contributed by atoms with E-state index < -0.39 is 58.5 Å². The number of hydrogen-bond acceptors (Lipinski definition) is 4. The van der Waals surface area contributed by atoms with Crippen LogP contribution < -0.4 is 4.74 Å². The molecule has 1 aliphatic heterocycles. The smallest absolute Gasteiger partial charge is 0.416 e. The van der Waals surface area contributed by atoms with E-state index in [0.29, 0.717) is 39.5 Å². The Hall–Kier alpha value is -3.38. The lowest BCUT2D eigenvalue weighted by Gasteiger charge is -2.24. The Balaban J connectivity index is 1.73. The van der Waals surface area contributed by atoms with Gasteiger partial charge in [-0.05, 0) is 72.0 Å². The van der Waals surface area contributed by atoms with E-state index in [-0.39, 0.29) is 12.6 Å². The lowest BCUT2D eigenvalue weighted by Crippen LogP contribution is -2.31. The molecule has 1 heterocycles. The summed E-state index contributed by atoms with van der Waals surface area (Å²) >= 11 is -1.29. The number of carbonyl (C=O) groups is 1. The molecule has 1 aliphatic rings. The second kappa shape index (κ2) is 10.9. The molecule has 3 aromatic rings. The molecule has 3 aromatic carbocycles. The van der Waals surface area contributed by atoms with Crippen molar-refractivity contribution in [1.82, 2.24) is 4.90 Å². The molecule has 12 heteroatoms. The third kappa shape index (κ3) is 6.02. The van der Waals surface area contributed by atoms with E-state index in [0.717, 1.165) is 5.56 Å². The number of benzene rings is 3. The number of aryl methyl sites for hydroxylation is 1. The number of amides is 1. The minimum Gasteiger partial charge on any atom is -0.612 e. The predicted octanol–water partition coefficient (Wildman–Crippen LogP) is 7.53. The van der Waals surface area contributed by atoms with Crippen LogP contribution in [0.1, 0.15) is 40.8 Å². The van der Waals surface area contributed by atoms with Crippen molar-refractivity contribution in [3.05, 3.63) is 82.4 Å². The first-order chi connectivity index (χ1) is 18.6. The summed E-state index contributed by atoms with van der Waals surface area (Å²) in [5.74, 6) is 0.484. The molecule has 0 aromatic heterocycles. The predicted molar refractivity (Wildman–Crippen MR) is 136 cm³/mol. The van der Waals surface area contributed by atoms with Crippen molar-refractivity contribution in [2.75, 3.05) is 13.4 Å². The monoisotopic (exact) mass is 585 g/mol.